The number of fused-ring (bicyclic) bond motifs is 6. The standard InChI is InChI=1S/C38H31N3O12/c1-14(2)53-38(51)21-12-41(16(4)36(49)39-21)23(43)13-40-15(3)11-20-27(37(40)50)33(47)25-18(30(20)44)9-10-19-26(25)34(48)28-29(35(19)52-5)32(46)24-17(31(28)45)7-6-8-22(24)42/h6-11,14,16,21,45-46H,12-13H2,1-5H3,(H,39,49). The number of aromatic hydroxyl groups is 2. The lowest BCUT2D eigenvalue weighted by molar-refractivity contribution is -0.157. The Bertz CT molecular complexity index is 2940. The van der Waals surface area contributed by atoms with Crippen LogP contribution in [-0.4, -0.2) is 69.3 Å². The Morgan fingerprint density at radius 1 is 0.830 bits per heavy atom. The van der Waals surface area contributed by atoms with Crippen LogP contribution in [0.5, 0.6) is 17.2 Å². The molecule has 2 unspecified atom stereocenters. The molecule has 270 valence electrons. The zero-order chi connectivity index (χ0) is 38.4. The minimum absolute atomic E-state index is 0.0451. The summed E-state index contributed by atoms with van der Waals surface area (Å²) < 4.78 is 11.8. The number of piperazine rings is 1. The highest BCUT2D eigenvalue weighted by Gasteiger charge is 2.39. The molecule has 5 aromatic carbocycles. The van der Waals surface area contributed by atoms with Gasteiger partial charge in [0.1, 0.15) is 35.9 Å². The molecule has 0 aliphatic carbocycles. The Kier molecular flexibility index (Phi) is 8.04. The molecule has 1 aromatic heterocycles. The highest BCUT2D eigenvalue weighted by atomic mass is 16.5. The first kappa shape index (κ1) is 34.8. The van der Waals surface area contributed by atoms with E-state index in [1.54, 1.807) is 13.8 Å². The molecule has 2 atom stereocenters. The minimum Gasteiger partial charge on any atom is -0.506 e. The molecule has 6 aromatic rings. The van der Waals surface area contributed by atoms with E-state index in [4.69, 9.17) is 9.47 Å². The van der Waals surface area contributed by atoms with Gasteiger partial charge in [0.15, 0.2) is 16.3 Å². The molecule has 7 rings (SSSR count). The summed E-state index contributed by atoms with van der Waals surface area (Å²) in [5.41, 5.74) is -4.27. The number of nitrogens with one attached hydrogen (secondary N) is 1. The lowest BCUT2D eigenvalue weighted by Crippen LogP contribution is -2.63. The van der Waals surface area contributed by atoms with Crippen LogP contribution in [0, 0.1) is 6.92 Å². The van der Waals surface area contributed by atoms with Crippen LogP contribution in [0.3, 0.4) is 0 Å². The largest absolute Gasteiger partial charge is 0.506 e. The van der Waals surface area contributed by atoms with Crippen molar-refractivity contribution in [2.24, 2.45) is 0 Å². The van der Waals surface area contributed by atoms with Crippen LogP contribution in [-0.2, 0) is 25.7 Å². The first-order valence-electron chi connectivity index (χ1n) is 16.5. The van der Waals surface area contributed by atoms with E-state index in [9.17, 15) is 48.6 Å². The number of rotatable bonds is 5. The van der Waals surface area contributed by atoms with Gasteiger partial charge in [0.25, 0.3) is 5.56 Å². The molecule has 3 N–H and O–H groups in total. The molecule has 53 heavy (non-hydrogen) atoms. The van der Waals surface area contributed by atoms with E-state index in [2.05, 4.69) is 5.32 Å². The van der Waals surface area contributed by atoms with Gasteiger partial charge in [-0.25, -0.2) is 4.79 Å². The first-order valence-corrected chi connectivity index (χ1v) is 16.5. The number of benzene rings is 5. The SMILES string of the molecule is COc1c2ccc3c(=O)c4cc(C)n(CC(=O)N5CC(C(=O)OC(C)C)NC(=O)C5C)c(=O)c4c(=O)c3c2c(=O)c2c(O)c3cccc(=O)c3c(O)c12. The number of carbonyl (C=O) groups excluding carboxylic acids is 3. The smallest absolute Gasteiger partial charge is 0.330 e. The Labute approximate surface area is 296 Å². The summed E-state index contributed by atoms with van der Waals surface area (Å²) in [4.78, 5) is 110. The van der Waals surface area contributed by atoms with Crippen LogP contribution in [0.2, 0.25) is 0 Å². The number of aromatic nitrogens is 1. The van der Waals surface area contributed by atoms with Crippen LogP contribution < -0.4 is 37.3 Å². The van der Waals surface area contributed by atoms with E-state index in [0.717, 1.165) is 9.47 Å². The third-order valence-corrected chi connectivity index (χ3v) is 9.82. The Morgan fingerprint density at radius 2 is 1.49 bits per heavy atom. The second kappa shape index (κ2) is 12.3. The topological polar surface area (TPSA) is 216 Å². The molecule has 0 bridgehead atoms. The lowest BCUT2D eigenvalue weighted by atomic mass is 9.92. The van der Waals surface area contributed by atoms with Gasteiger partial charge in [0, 0.05) is 38.0 Å². The predicted molar refractivity (Wildman–Crippen MR) is 195 cm³/mol. The molecule has 1 aliphatic rings. The van der Waals surface area contributed by atoms with Crippen LogP contribution >= 0.6 is 0 Å². The first-order chi connectivity index (χ1) is 25.1. The van der Waals surface area contributed by atoms with Crippen molar-refractivity contribution in [1.82, 2.24) is 14.8 Å². The highest BCUT2D eigenvalue weighted by molar-refractivity contribution is 6.22. The number of phenolic OH excluding ortho intramolecular Hbond substituents is 2. The second-order valence-electron chi connectivity index (χ2n) is 13.3. The predicted octanol–water partition coefficient (Wildman–Crippen LogP) is 1.33. The van der Waals surface area contributed by atoms with Crippen molar-refractivity contribution in [2.45, 2.75) is 52.4 Å². The van der Waals surface area contributed by atoms with Crippen molar-refractivity contribution in [2.75, 3.05) is 13.7 Å². The van der Waals surface area contributed by atoms with Gasteiger partial charge >= 0.3 is 5.97 Å². The van der Waals surface area contributed by atoms with Crippen molar-refractivity contribution in [3.8, 4) is 17.2 Å². The molecular weight excluding hydrogens is 690 g/mol. The Balaban J connectivity index is 1.47. The number of pyridine rings is 1. The molecule has 0 saturated carbocycles. The summed E-state index contributed by atoms with van der Waals surface area (Å²) in [6.45, 7) is 5.25. The van der Waals surface area contributed by atoms with E-state index < -0.39 is 97.4 Å². The quantitative estimate of drug-likeness (QED) is 0.0995. The number of carbonyl (C=O) groups is 3. The maximum Gasteiger partial charge on any atom is 0.330 e. The molecular formula is C38H31N3O12. The Hall–Kier alpha value is -6.64. The van der Waals surface area contributed by atoms with Crippen molar-refractivity contribution in [3.63, 3.8) is 0 Å². The number of esters is 1. The van der Waals surface area contributed by atoms with Gasteiger partial charge in [0.05, 0.1) is 41.3 Å². The maximum atomic E-state index is 14.4. The van der Waals surface area contributed by atoms with E-state index in [0.29, 0.717) is 0 Å². The number of aryl methyl sites for hydroxylation is 1. The fourth-order valence-electron chi connectivity index (χ4n) is 7.30. The van der Waals surface area contributed by atoms with Crippen molar-refractivity contribution >= 4 is 71.6 Å². The van der Waals surface area contributed by atoms with Crippen LogP contribution in [0.4, 0.5) is 0 Å². The molecule has 0 spiro atoms. The molecule has 1 saturated heterocycles. The van der Waals surface area contributed by atoms with Gasteiger partial charge in [-0.3, -0.25) is 33.6 Å². The maximum absolute atomic E-state index is 14.4. The summed E-state index contributed by atoms with van der Waals surface area (Å²) >= 11 is 0. The van der Waals surface area contributed by atoms with E-state index in [1.165, 1.54) is 57.4 Å². The van der Waals surface area contributed by atoms with E-state index in [1.807, 2.05) is 0 Å². The van der Waals surface area contributed by atoms with Gasteiger partial charge in [-0.05, 0) is 52.0 Å². The molecule has 1 aliphatic heterocycles. The van der Waals surface area contributed by atoms with Crippen LogP contribution in [0.1, 0.15) is 26.5 Å². The van der Waals surface area contributed by atoms with Gasteiger partial charge < -0.3 is 34.5 Å². The fourth-order valence-corrected chi connectivity index (χ4v) is 7.30. The number of hydrogen-bond acceptors (Lipinski definition) is 12. The normalized spacial score (nSPS) is 16.3. The minimum atomic E-state index is -1.16. The van der Waals surface area contributed by atoms with Gasteiger partial charge in [-0.1, -0.05) is 12.1 Å². The summed E-state index contributed by atoms with van der Waals surface area (Å²) in [6.07, 6.45) is -0.482. The van der Waals surface area contributed by atoms with Crippen molar-refractivity contribution < 1.29 is 34.1 Å². The number of ether oxygens (including phenoxy) is 2. The highest BCUT2D eigenvalue weighted by Crippen LogP contribution is 2.46. The van der Waals surface area contributed by atoms with Crippen LogP contribution in [0.15, 0.2) is 60.4 Å². The number of nitrogens with zero attached hydrogens (tertiary/aromatic N) is 2. The van der Waals surface area contributed by atoms with E-state index >= 15 is 0 Å². The summed E-state index contributed by atoms with van der Waals surface area (Å²) in [5, 5.41) is 22.0. The van der Waals surface area contributed by atoms with Gasteiger partial charge in [-0.2, -0.15) is 0 Å². The number of methoxy groups -OCH3 is 1. The zero-order valence-corrected chi connectivity index (χ0v) is 29.0. The zero-order valence-electron chi connectivity index (χ0n) is 29.0. The van der Waals surface area contributed by atoms with Crippen LogP contribution in [0.25, 0.3) is 53.9 Å². The molecule has 1 fully saturated rings. The lowest BCUT2D eigenvalue weighted by Gasteiger charge is -2.37. The molecule has 2 amide bonds. The summed E-state index contributed by atoms with van der Waals surface area (Å²) in [5.74, 6) is -3.58. The van der Waals surface area contributed by atoms with E-state index in [-0.39, 0.29) is 55.7 Å². The number of hydrogen-bond donors (Lipinski definition) is 3. The average molecular weight is 722 g/mol. The third kappa shape index (κ3) is 5.02. The molecule has 15 nitrogen and oxygen atoms in total. The second-order valence-corrected chi connectivity index (χ2v) is 13.3. The summed E-state index contributed by atoms with van der Waals surface area (Å²) in [7, 11) is 1.21. The number of amides is 2. The molecule has 0 radical (unpaired) electrons. The third-order valence-electron chi connectivity index (χ3n) is 9.82. The van der Waals surface area contributed by atoms with Crippen molar-refractivity contribution in [1.29, 1.82) is 0 Å². The Morgan fingerprint density at radius 3 is 2.17 bits per heavy atom. The van der Waals surface area contributed by atoms with Crippen molar-refractivity contribution in [3.05, 3.63) is 93.3 Å². The van der Waals surface area contributed by atoms with Gasteiger partial charge in [-0.15, -0.1) is 0 Å². The number of phenols is 2. The molecule has 2 heterocycles. The average Bonchev–Trinajstić information content (AvgIpc) is 3.11. The van der Waals surface area contributed by atoms with Gasteiger partial charge in [0.2, 0.25) is 17.2 Å². The fraction of sp³-hybridized carbons (Fsp3) is 0.263. The summed E-state index contributed by atoms with van der Waals surface area (Å²) in [6, 6.07) is 5.54. The monoisotopic (exact) mass is 721 g/mol. The molecule has 15 heteroatoms.